The maximum atomic E-state index is 12.9. The Kier molecular flexibility index (Phi) is 5.88. The van der Waals surface area contributed by atoms with Crippen LogP contribution in [0.4, 0.5) is 5.69 Å². The summed E-state index contributed by atoms with van der Waals surface area (Å²) in [5.41, 5.74) is 3.75. The third kappa shape index (κ3) is 4.70. The highest BCUT2D eigenvalue weighted by Gasteiger charge is 2.25. The molecule has 1 N–H and O–H groups in total. The lowest BCUT2D eigenvalue weighted by Crippen LogP contribution is -2.28. The van der Waals surface area contributed by atoms with Crippen LogP contribution in [0.25, 0.3) is 0 Å². The Morgan fingerprint density at radius 2 is 1.72 bits per heavy atom. The fraction of sp³-hybridized carbons (Fsp3) is 0.435. The third-order valence-electron chi connectivity index (χ3n) is 5.45. The van der Waals surface area contributed by atoms with E-state index in [1.165, 1.54) is 5.56 Å². The topological polar surface area (TPSA) is 66.5 Å². The van der Waals surface area contributed by atoms with Crippen LogP contribution in [0.1, 0.15) is 63.3 Å². The number of benzene rings is 2. The summed E-state index contributed by atoms with van der Waals surface area (Å²) in [5, 5.41) is 0. The van der Waals surface area contributed by atoms with E-state index in [0.717, 1.165) is 23.2 Å². The van der Waals surface area contributed by atoms with E-state index in [4.69, 9.17) is 0 Å². The first-order chi connectivity index (χ1) is 13.5. The quantitative estimate of drug-likeness (QED) is 0.786. The lowest BCUT2D eigenvalue weighted by Gasteiger charge is -2.21. The van der Waals surface area contributed by atoms with Gasteiger partial charge in [0.2, 0.25) is 15.9 Å². The molecule has 29 heavy (non-hydrogen) atoms. The average molecular weight is 415 g/mol. The van der Waals surface area contributed by atoms with Gasteiger partial charge in [-0.3, -0.25) is 4.79 Å². The number of carbonyl (C=O) groups excluding carboxylic acids is 1. The van der Waals surface area contributed by atoms with Crippen LogP contribution in [0.3, 0.4) is 0 Å². The molecule has 0 saturated carbocycles. The number of amides is 1. The van der Waals surface area contributed by atoms with Gasteiger partial charge >= 0.3 is 0 Å². The number of nitrogens with one attached hydrogen (secondary N) is 1. The Hall–Kier alpha value is -2.18. The maximum Gasteiger partial charge on any atom is 0.241 e. The zero-order valence-corrected chi connectivity index (χ0v) is 18.6. The highest BCUT2D eigenvalue weighted by molar-refractivity contribution is 7.89. The first kappa shape index (κ1) is 21.5. The zero-order chi connectivity index (χ0) is 21.4. The van der Waals surface area contributed by atoms with Crippen LogP contribution in [0.5, 0.6) is 0 Å². The van der Waals surface area contributed by atoms with Crippen LogP contribution >= 0.6 is 0 Å². The van der Waals surface area contributed by atoms with E-state index in [9.17, 15) is 13.2 Å². The van der Waals surface area contributed by atoms with Gasteiger partial charge in [-0.2, -0.15) is 0 Å². The van der Waals surface area contributed by atoms with E-state index in [2.05, 4.69) is 25.5 Å². The van der Waals surface area contributed by atoms with Crippen LogP contribution in [-0.4, -0.2) is 20.9 Å². The van der Waals surface area contributed by atoms with Gasteiger partial charge in [-0.25, -0.2) is 13.1 Å². The maximum absolute atomic E-state index is 12.9. The summed E-state index contributed by atoms with van der Waals surface area (Å²) in [6, 6.07) is 12.6. The van der Waals surface area contributed by atoms with Gasteiger partial charge in [0.1, 0.15) is 0 Å². The lowest BCUT2D eigenvalue weighted by molar-refractivity contribution is -0.117. The minimum atomic E-state index is -3.68. The summed E-state index contributed by atoms with van der Waals surface area (Å²) in [6.45, 7) is 10.8. The summed E-state index contributed by atoms with van der Waals surface area (Å²) < 4.78 is 28.6. The Labute approximate surface area is 174 Å². The second-order valence-electron chi connectivity index (χ2n) is 8.81. The van der Waals surface area contributed by atoms with Gasteiger partial charge in [-0.15, -0.1) is 0 Å². The molecule has 0 aliphatic carbocycles. The Balaban J connectivity index is 1.78. The molecule has 2 aromatic carbocycles. The molecule has 0 radical (unpaired) electrons. The predicted octanol–water partition coefficient (Wildman–Crippen LogP) is 4.46. The van der Waals surface area contributed by atoms with Crippen molar-refractivity contribution in [3.63, 3.8) is 0 Å². The van der Waals surface area contributed by atoms with E-state index in [1.54, 1.807) is 23.1 Å². The fourth-order valence-corrected chi connectivity index (χ4v) is 4.96. The molecule has 0 spiro atoms. The predicted molar refractivity (Wildman–Crippen MR) is 117 cm³/mol. The van der Waals surface area contributed by atoms with Gasteiger partial charge in [-0.1, -0.05) is 45.0 Å². The van der Waals surface area contributed by atoms with Gasteiger partial charge in [0.25, 0.3) is 0 Å². The molecule has 2 aromatic rings. The molecule has 1 fully saturated rings. The zero-order valence-electron chi connectivity index (χ0n) is 17.8. The molecule has 0 bridgehead atoms. The second kappa shape index (κ2) is 7.92. The van der Waals surface area contributed by atoms with Crippen molar-refractivity contribution in [3.05, 3.63) is 59.2 Å². The Morgan fingerprint density at radius 1 is 1.07 bits per heavy atom. The largest absolute Gasteiger partial charge is 0.312 e. The molecule has 1 aliphatic rings. The van der Waals surface area contributed by atoms with Crippen molar-refractivity contribution in [3.8, 4) is 0 Å². The minimum Gasteiger partial charge on any atom is -0.312 e. The van der Waals surface area contributed by atoms with Crippen LogP contribution in [0.2, 0.25) is 0 Å². The molecule has 1 amide bonds. The SMILES string of the molecule is Cc1cc(S(=O)(=O)N[C@@H](C)c2ccc(C(C)(C)C)cc2)ccc1N1CCCC1=O. The van der Waals surface area contributed by atoms with Crippen LogP contribution in [0, 0.1) is 6.92 Å². The van der Waals surface area contributed by atoms with Crippen molar-refractivity contribution in [2.45, 2.75) is 63.8 Å². The smallest absolute Gasteiger partial charge is 0.241 e. The summed E-state index contributed by atoms with van der Waals surface area (Å²) in [5.74, 6) is 0.0918. The lowest BCUT2D eigenvalue weighted by atomic mass is 9.86. The monoisotopic (exact) mass is 414 g/mol. The number of sulfonamides is 1. The van der Waals surface area contributed by atoms with Gasteiger partial charge < -0.3 is 4.90 Å². The molecule has 5 nitrogen and oxygen atoms in total. The molecule has 1 atom stereocenters. The molecule has 3 rings (SSSR count). The number of hydrogen-bond acceptors (Lipinski definition) is 3. The third-order valence-corrected chi connectivity index (χ3v) is 6.99. The van der Waals surface area contributed by atoms with E-state index in [-0.39, 0.29) is 22.3 Å². The highest BCUT2D eigenvalue weighted by atomic mass is 32.2. The molecule has 156 valence electrons. The summed E-state index contributed by atoms with van der Waals surface area (Å²) >= 11 is 0. The van der Waals surface area contributed by atoms with Crippen molar-refractivity contribution in [1.29, 1.82) is 0 Å². The van der Waals surface area contributed by atoms with Gasteiger partial charge in [0.15, 0.2) is 0 Å². The Morgan fingerprint density at radius 3 is 2.24 bits per heavy atom. The first-order valence-electron chi connectivity index (χ1n) is 10.0. The van der Waals surface area contributed by atoms with Crippen LogP contribution in [-0.2, 0) is 20.2 Å². The molecule has 6 heteroatoms. The van der Waals surface area contributed by atoms with E-state index in [1.807, 2.05) is 38.1 Å². The normalized spacial score (nSPS) is 16.3. The molecule has 1 aliphatic heterocycles. The first-order valence-corrected chi connectivity index (χ1v) is 11.5. The number of carbonyl (C=O) groups is 1. The molecular weight excluding hydrogens is 384 g/mol. The summed E-state index contributed by atoms with van der Waals surface area (Å²) in [7, 11) is -3.68. The van der Waals surface area contributed by atoms with E-state index in [0.29, 0.717) is 13.0 Å². The van der Waals surface area contributed by atoms with Crippen LogP contribution < -0.4 is 9.62 Å². The molecule has 1 saturated heterocycles. The van der Waals surface area contributed by atoms with Crippen molar-refractivity contribution in [2.24, 2.45) is 0 Å². The van der Waals surface area contributed by atoms with E-state index >= 15 is 0 Å². The van der Waals surface area contributed by atoms with E-state index < -0.39 is 10.0 Å². The van der Waals surface area contributed by atoms with Gasteiger partial charge in [-0.05, 0) is 60.6 Å². The minimum absolute atomic E-state index is 0.0528. The van der Waals surface area contributed by atoms with Crippen molar-refractivity contribution < 1.29 is 13.2 Å². The molecule has 1 heterocycles. The summed E-state index contributed by atoms with van der Waals surface area (Å²) in [6.07, 6.45) is 1.39. The van der Waals surface area contributed by atoms with Gasteiger partial charge in [0, 0.05) is 24.7 Å². The molecule has 0 aromatic heterocycles. The average Bonchev–Trinajstić information content (AvgIpc) is 3.06. The number of nitrogens with zero attached hydrogens (tertiary/aromatic N) is 1. The standard InChI is InChI=1S/C23H30N2O3S/c1-16-15-20(12-13-21(16)25-14-6-7-22(25)26)29(27,28)24-17(2)18-8-10-19(11-9-18)23(3,4)5/h8-13,15,17,24H,6-7,14H2,1-5H3/t17-/m0/s1. The second-order valence-corrected chi connectivity index (χ2v) is 10.5. The van der Waals surface area contributed by atoms with Crippen molar-refractivity contribution in [2.75, 3.05) is 11.4 Å². The van der Waals surface area contributed by atoms with Gasteiger partial charge in [0.05, 0.1) is 4.90 Å². The van der Waals surface area contributed by atoms with Crippen LogP contribution in [0.15, 0.2) is 47.4 Å². The number of hydrogen-bond donors (Lipinski definition) is 1. The number of aryl methyl sites for hydroxylation is 1. The molecular formula is C23H30N2O3S. The Bertz CT molecular complexity index is 1010. The van der Waals surface area contributed by atoms with Crippen molar-refractivity contribution in [1.82, 2.24) is 4.72 Å². The fourth-order valence-electron chi connectivity index (χ4n) is 3.64. The molecule has 0 unspecified atom stereocenters. The number of rotatable bonds is 5. The highest BCUT2D eigenvalue weighted by Crippen LogP contribution is 2.28. The summed E-state index contributed by atoms with van der Waals surface area (Å²) in [4.78, 5) is 13.9. The van der Waals surface area contributed by atoms with Crippen molar-refractivity contribution >= 4 is 21.6 Å². The number of anilines is 1.